The van der Waals surface area contributed by atoms with Crippen molar-refractivity contribution in [1.29, 1.82) is 0 Å². The van der Waals surface area contributed by atoms with Crippen molar-refractivity contribution in [3.8, 4) is 0 Å². The van der Waals surface area contributed by atoms with Crippen LogP contribution in [-0.2, 0) is 23.9 Å². The molecule has 0 amide bonds. The number of allylic oxidation sites excluding steroid dienone is 3. The zero-order valence-corrected chi connectivity index (χ0v) is 17.2. The van der Waals surface area contributed by atoms with Gasteiger partial charge in [0, 0.05) is 35.3 Å². The maximum absolute atomic E-state index is 13.4. The number of ketones is 1. The fourth-order valence-corrected chi connectivity index (χ4v) is 6.84. The van der Waals surface area contributed by atoms with E-state index in [4.69, 9.17) is 9.47 Å². The molecular formula is C24H28O5. The Morgan fingerprint density at radius 2 is 2.07 bits per heavy atom. The monoisotopic (exact) mass is 396 g/mol. The number of ether oxygens (including phenoxy) is 2. The molecule has 3 aliphatic carbocycles. The Labute approximate surface area is 171 Å². The van der Waals surface area contributed by atoms with Crippen molar-refractivity contribution in [2.24, 2.45) is 23.2 Å². The van der Waals surface area contributed by atoms with Crippen LogP contribution in [0.3, 0.4) is 0 Å². The number of esters is 2. The second-order valence-corrected chi connectivity index (χ2v) is 9.08. The first-order valence-electron chi connectivity index (χ1n) is 11.1. The summed E-state index contributed by atoms with van der Waals surface area (Å²) in [4.78, 5) is 39.7. The number of hydrogen-bond donors (Lipinski definition) is 0. The quantitative estimate of drug-likeness (QED) is 0.515. The van der Waals surface area contributed by atoms with Crippen LogP contribution in [-0.4, -0.2) is 23.3 Å². The SMILES string of the molecule is CCC/C=C1\OC(=O)C2=C1CCC1C2C23C=CCCC2C1(C(=O)CCC)OC3=O. The second-order valence-electron chi connectivity index (χ2n) is 9.08. The van der Waals surface area contributed by atoms with Crippen LogP contribution < -0.4 is 0 Å². The molecule has 1 saturated carbocycles. The van der Waals surface area contributed by atoms with Crippen LogP contribution in [0.5, 0.6) is 0 Å². The molecule has 0 N–H and O–H groups in total. The molecule has 0 aromatic heterocycles. The number of unbranched alkanes of at least 4 members (excludes halogenated alkanes) is 1. The number of carbonyl (C=O) groups is 3. The van der Waals surface area contributed by atoms with E-state index < -0.39 is 11.0 Å². The predicted octanol–water partition coefficient (Wildman–Crippen LogP) is 4.18. The number of hydrogen-bond acceptors (Lipinski definition) is 5. The molecule has 0 spiro atoms. The number of cyclic esters (lactones) is 1. The molecule has 5 atom stereocenters. The summed E-state index contributed by atoms with van der Waals surface area (Å²) < 4.78 is 11.7. The summed E-state index contributed by atoms with van der Waals surface area (Å²) >= 11 is 0. The molecule has 5 aliphatic rings. The van der Waals surface area contributed by atoms with Gasteiger partial charge in [0.15, 0.2) is 11.4 Å². The molecule has 0 aromatic carbocycles. The van der Waals surface area contributed by atoms with Crippen LogP contribution in [0.2, 0.25) is 0 Å². The van der Waals surface area contributed by atoms with E-state index >= 15 is 0 Å². The normalized spacial score (nSPS) is 40.6. The first-order valence-corrected chi connectivity index (χ1v) is 11.1. The van der Waals surface area contributed by atoms with Gasteiger partial charge in [-0.2, -0.15) is 0 Å². The lowest BCUT2D eigenvalue weighted by Gasteiger charge is -2.42. The maximum atomic E-state index is 13.4. The molecule has 2 aliphatic heterocycles. The Morgan fingerprint density at radius 1 is 1.24 bits per heavy atom. The Bertz CT molecular complexity index is 893. The van der Waals surface area contributed by atoms with Crippen LogP contribution >= 0.6 is 0 Å². The molecule has 5 heteroatoms. The van der Waals surface area contributed by atoms with Gasteiger partial charge < -0.3 is 9.47 Å². The summed E-state index contributed by atoms with van der Waals surface area (Å²) in [5.41, 5.74) is -0.373. The molecule has 5 nitrogen and oxygen atoms in total. The van der Waals surface area contributed by atoms with E-state index in [2.05, 4.69) is 6.92 Å². The highest BCUT2D eigenvalue weighted by Crippen LogP contribution is 2.72. The first kappa shape index (κ1) is 18.8. The second kappa shape index (κ2) is 6.41. The molecule has 29 heavy (non-hydrogen) atoms. The third-order valence-corrected chi connectivity index (χ3v) is 7.79. The Kier molecular flexibility index (Phi) is 4.17. The van der Waals surface area contributed by atoms with Crippen molar-refractivity contribution in [2.75, 3.05) is 0 Å². The Morgan fingerprint density at radius 3 is 2.83 bits per heavy atom. The minimum absolute atomic E-state index is 0.0418. The van der Waals surface area contributed by atoms with Gasteiger partial charge in [0.05, 0.1) is 0 Å². The third kappa shape index (κ3) is 2.14. The molecule has 2 heterocycles. The third-order valence-electron chi connectivity index (χ3n) is 7.79. The summed E-state index contributed by atoms with van der Waals surface area (Å²) in [7, 11) is 0. The Balaban J connectivity index is 1.70. The molecular weight excluding hydrogens is 368 g/mol. The van der Waals surface area contributed by atoms with Crippen molar-refractivity contribution in [2.45, 2.75) is 70.8 Å². The van der Waals surface area contributed by atoms with Crippen LogP contribution in [0.15, 0.2) is 35.1 Å². The van der Waals surface area contributed by atoms with E-state index in [1.807, 2.05) is 25.2 Å². The highest BCUT2D eigenvalue weighted by Gasteiger charge is 2.81. The van der Waals surface area contributed by atoms with E-state index in [0.29, 0.717) is 24.2 Å². The van der Waals surface area contributed by atoms with Crippen molar-refractivity contribution in [3.63, 3.8) is 0 Å². The van der Waals surface area contributed by atoms with E-state index in [1.54, 1.807) is 0 Å². The molecule has 1 saturated heterocycles. The van der Waals surface area contributed by atoms with Gasteiger partial charge in [0.2, 0.25) is 0 Å². The van der Waals surface area contributed by atoms with Gasteiger partial charge in [-0.1, -0.05) is 32.4 Å². The average molecular weight is 396 g/mol. The maximum Gasteiger partial charge on any atom is 0.340 e. The summed E-state index contributed by atoms with van der Waals surface area (Å²) in [6.07, 6.45) is 12.0. The van der Waals surface area contributed by atoms with Gasteiger partial charge in [-0.25, -0.2) is 4.79 Å². The largest absolute Gasteiger partial charge is 0.450 e. The van der Waals surface area contributed by atoms with Crippen LogP contribution in [0.4, 0.5) is 0 Å². The van der Waals surface area contributed by atoms with Crippen molar-refractivity contribution < 1.29 is 23.9 Å². The minimum Gasteiger partial charge on any atom is -0.450 e. The molecule has 0 aromatic rings. The fourth-order valence-electron chi connectivity index (χ4n) is 6.84. The molecule has 5 unspecified atom stereocenters. The highest BCUT2D eigenvalue weighted by atomic mass is 16.6. The number of carbonyl (C=O) groups excluding carboxylic acids is 3. The van der Waals surface area contributed by atoms with Crippen molar-refractivity contribution in [3.05, 3.63) is 35.1 Å². The highest BCUT2D eigenvalue weighted by molar-refractivity contribution is 6.03. The van der Waals surface area contributed by atoms with E-state index in [9.17, 15) is 14.4 Å². The van der Waals surface area contributed by atoms with Crippen molar-refractivity contribution >= 4 is 17.7 Å². The van der Waals surface area contributed by atoms with Gasteiger partial charge in [0.1, 0.15) is 11.2 Å². The predicted molar refractivity (Wildman–Crippen MR) is 105 cm³/mol. The zero-order chi connectivity index (χ0) is 20.4. The number of rotatable bonds is 5. The van der Waals surface area contributed by atoms with Gasteiger partial charge in [-0.05, 0) is 44.6 Å². The van der Waals surface area contributed by atoms with Crippen LogP contribution in [0.25, 0.3) is 0 Å². The topological polar surface area (TPSA) is 69.7 Å². The number of Topliss-reactive ketones (excluding diaryl/α,β-unsaturated/α-hetero) is 1. The van der Waals surface area contributed by atoms with Gasteiger partial charge >= 0.3 is 11.9 Å². The first-order chi connectivity index (χ1) is 14.0. The molecule has 5 rings (SSSR count). The fraction of sp³-hybridized carbons (Fsp3) is 0.625. The standard InChI is InChI=1S/C24H28O5/c1-3-5-9-16-14-11-12-15-20(19(14)21(26)28-16)23-13-7-6-10-17(23)24(15,29-22(23)27)18(25)8-4-2/h7,9,13,15,17,20H,3-6,8,10-12H2,1-2H3/b16-9-. The lowest BCUT2D eigenvalue weighted by molar-refractivity contribution is -0.176. The van der Waals surface area contributed by atoms with Crippen molar-refractivity contribution in [1.82, 2.24) is 0 Å². The lowest BCUT2D eigenvalue weighted by Crippen LogP contribution is -2.52. The Hall–Kier alpha value is -2.17. The van der Waals surface area contributed by atoms with Crippen LogP contribution in [0, 0.1) is 23.2 Å². The molecule has 2 fully saturated rings. The lowest BCUT2D eigenvalue weighted by atomic mass is 9.62. The summed E-state index contributed by atoms with van der Waals surface area (Å²) in [5.74, 6) is -0.564. The van der Waals surface area contributed by atoms with E-state index in [1.165, 1.54) is 0 Å². The van der Waals surface area contributed by atoms with Crippen LogP contribution in [0.1, 0.15) is 65.2 Å². The summed E-state index contributed by atoms with van der Waals surface area (Å²) in [6.45, 7) is 4.07. The summed E-state index contributed by atoms with van der Waals surface area (Å²) in [6, 6.07) is 0. The molecule has 0 radical (unpaired) electrons. The zero-order valence-electron chi connectivity index (χ0n) is 17.2. The van der Waals surface area contributed by atoms with E-state index in [-0.39, 0.29) is 35.5 Å². The number of fused-ring (bicyclic) bond motifs is 3. The summed E-state index contributed by atoms with van der Waals surface area (Å²) in [5, 5.41) is 0. The molecule has 154 valence electrons. The van der Waals surface area contributed by atoms with E-state index in [0.717, 1.165) is 44.1 Å². The average Bonchev–Trinajstić information content (AvgIpc) is 3.28. The smallest absolute Gasteiger partial charge is 0.340 e. The minimum atomic E-state index is -1.07. The van der Waals surface area contributed by atoms with Gasteiger partial charge in [0.25, 0.3) is 0 Å². The van der Waals surface area contributed by atoms with Gasteiger partial charge in [-0.3, -0.25) is 9.59 Å². The molecule has 2 bridgehead atoms. The van der Waals surface area contributed by atoms with Gasteiger partial charge in [-0.15, -0.1) is 0 Å².